The van der Waals surface area contributed by atoms with Crippen molar-refractivity contribution in [2.24, 2.45) is 0 Å². The van der Waals surface area contributed by atoms with Crippen molar-refractivity contribution in [2.75, 3.05) is 0 Å². The van der Waals surface area contributed by atoms with E-state index in [1.54, 1.807) is 0 Å². The van der Waals surface area contributed by atoms with E-state index in [9.17, 15) is 4.21 Å². The zero-order chi connectivity index (χ0) is 14.2. The van der Waals surface area contributed by atoms with Crippen molar-refractivity contribution in [3.8, 4) is 0 Å². The molecule has 3 aromatic carbocycles. The molecule has 0 saturated carbocycles. The normalized spacial score (nSPS) is 21.1. The Morgan fingerprint density at radius 2 is 1.67 bits per heavy atom. The van der Waals surface area contributed by atoms with Crippen LogP contribution in [0, 0.1) is 0 Å². The van der Waals surface area contributed by atoms with Crippen LogP contribution < -0.4 is 4.46 Å². The van der Waals surface area contributed by atoms with Crippen LogP contribution in [0.3, 0.4) is 0 Å². The Labute approximate surface area is 133 Å². The first-order chi connectivity index (χ1) is 10.3. The zero-order valence-corrected chi connectivity index (χ0v) is 13.9. The summed E-state index contributed by atoms with van der Waals surface area (Å²) < 4.78 is 14.2. The first-order valence-corrected chi connectivity index (χ1v) is 10.2. The molecule has 0 bridgehead atoms. The van der Waals surface area contributed by atoms with E-state index in [1.807, 2.05) is 18.2 Å². The molecular weight excluding hydrogens is 343 g/mol. The first-order valence-electron chi connectivity index (χ1n) is 6.94. The summed E-state index contributed by atoms with van der Waals surface area (Å²) in [6, 6.07) is 23.1. The third kappa shape index (κ3) is 2.36. The fourth-order valence-corrected chi connectivity index (χ4v) is 7.91. The summed E-state index contributed by atoms with van der Waals surface area (Å²) in [5, 5.41) is 3.64. The van der Waals surface area contributed by atoms with E-state index in [2.05, 4.69) is 48.5 Å². The SMILES string of the molecule is O=[S@]1c2ccccc2[Se]C[C@H]1c1ccc2ccccc2c1. The van der Waals surface area contributed by atoms with Gasteiger partial charge < -0.3 is 0 Å². The Morgan fingerprint density at radius 3 is 2.57 bits per heavy atom. The predicted molar refractivity (Wildman–Crippen MR) is 89.7 cm³/mol. The van der Waals surface area contributed by atoms with Crippen LogP contribution in [0.2, 0.25) is 5.32 Å². The molecule has 0 fully saturated rings. The summed E-state index contributed by atoms with van der Waals surface area (Å²) in [6.45, 7) is 0. The third-order valence-electron chi connectivity index (χ3n) is 3.86. The van der Waals surface area contributed by atoms with E-state index >= 15 is 0 Å². The van der Waals surface area contributed by atoms with Gasteiger partial charge in [0.2, 0.25) is 0 Å². The molecule has 0 unspecified atom stereocenters. The van der Waals surface area contributed by atoms with Gasteiger partial charge in [0.25, 0.3) is 0 Å². The average Bonchev–Trinajstić information content (AvgIpc) is 2.55. The molecule has 3 heteroatoms. The van der Waals surface area contributed by atoms with Crippen LogP contribution in [-0.2, 0) is 10.8 Å². The van der Waals surface area contributed by atoms with Gasteiger partial charge in [0.05, 0.1) is 0 Å². The number of fused-ring (bicyclic) bond motifs is 2. The molecule has 3 aromatic rings. The van der Waals surface area contributed by atoms with Gasteiger partial charge in [0.15, 0.2) is 0 Å². The van der Waals surface area contributed by atoms with Crippen LogP contribution in [0.15, 0.2) is 71.6 Å². The Balaban J connectivity index is 1.78. The van der Waals surface area contributed by atoms with Gasteiger partial charge in [-0.15, -0.1) is 0 Å². The van der Waals surface area contributed by atoms with Gasteiger partial charge in [0, 0.05) is 0 Å². The molecule has 0 saturated heterocycles. The minimum atomic E-state index is -0.931. The second-order valence-corrected chi connectivity index (χ2v) is 8.98. The topological polar surface area (TPSA) is 17.1 Å². The molecule has 0 aliphatic carbocycles. The van der Waals surface area contributed by atoms with Gasteiger partial charge in [-0.1, -0.05) is 0 Å². The van der Waals surface area contributed by atoms with Crippen molar-refractivity contribution in [2.45, 2.75) is 15.5 Å². The van der Waals surface area contributed by atoms with E-state index in [1.165, 1.54) is 20.8 Å². The molecule has 21 heavy (non-hydrogen) atoms. The molecule has 4 rings (SSSR count). The Morgan fingerprint density at radius 1 is 0.905 bits per heavy atom. The number of benzene rings is 3. The zero-order valence-electron chi connectivity index (χ0n) is 11.4. The van der Waals surface area contributed by atoms with Crippen LogP contribution in [0.4, 0.5) is 0 Å². The average molecular weight is 357 g/mol. The van der Waals surface area contributed by atoms with Crippen molar-refractivity contribution >= 4 is 41.0 Å². The monoisotopic (exact) mass is 358 g/mol. The molecule has 0 spiro atoms. The molecule has 0 aromatic heterocycles. The Hall–Kier alpha value is -1.41. The molecule has 0 amide bonds. The van der Waals surface area contributed by atoms with E-state index in [0.29, 0.717) is 15.0 Å². The molecule has 1 heterocycles. The van der Waals surface area contributed by atoms with Crippen molar-refractivity contribution in [3.63, 3.8) is 0 Å². The quantitative estimate of drug-likeness (QED) is 0.610. The summed E-state index contributed by atoms with van der Waals surface area (Å²) in [6.07, 6.45) is 0. The van der Waals surface area contributed by atoms with Crippen molar-refractivity contribution in [1.29, 1.82) is 0 Å². The molecule has 104 valence electrons. The molecule has 0 radical (unpaired) electrons. The van der Waals surface area contributed by atoms with Crippen LogP contribution in [-0.4, -0.2) is 19.2 Å². The summed E-state index contributed by atoms with van der Waals surface area (Å²) in [5.41, 5.74) is 1.21. The van der Waals surface area contributed by atoms with E-state index in [4.69, 9.17) is 0 Å². The van der Waals surface area contributed by atoms with Crippen molar-refractivity contribution < 1.29 is 4.21 Å². The second kappa shape index (κ2) is 5.42. The molecule has 1 aliphatic heterocycles. The minimum absolute atomic E-state index is 0.143. The van der Waals surface area contributed by atoms with E-state index in [0.717, 1.165) is 10.2 Å². The third-order valence-corrected chi connectivity index (χ3v) is 8.82. The van der Waals surface area contributed by atoms with Gasteiger partial charge in [0.1, 0.15) is 0 Å². The van der Waals surface area contributed by atoms with Crippen molar-refractivity contribution in [1.82, 2.24) is 0 Å². The maximum atomic E-state index is 12.9. The molecule has 1 aliphatic rings. The number of rotatable bonds is 1. The molecular formula is C18H14OSSe. The fraction of sp³-hybridized carbons (Fsp3) is 0.111. The standard InChI is InChI=1S/C18H14OSSe/c19-20-16-7-3-4-8-18(16)21-12-17(20)15-10-9-13-5-1-2-6-14(13)11-15/h1-11,17H,12H2/t17-,20-/m0/s1. The van der Waals surface area contributed by atoms with Gasteiger partial charge in [-0.2, -0.15) is 0 Å². The van der Waals surface area contributed by atoms with Crippen LogP contribution in [0.25, 0.3) is 10.8 Å². The van der Waals surface area contributed by atoms with Crippen LogP contribution >= 0.6 is 0 Å². The number of hydrogen-bond donors (Lipinski definition) is 0. The van der Waals surface area contributed by atoms with E-state index in [-0.39, 0.29) is 5.25 Å². The number of hydrogen-bond acceptors (Lipinski definition) is 1. The summed E-state index contributed by atoms with van der Waals surface area (Å²) in [4.78, 5) is 1.04. The fourth-order valence-electron chi connectivity index (χ4n) is 2.74. The summed E-state index contributed by atoms with van der Waals surface area (Å²) >= 11 is 0.417. The van der Waals surface area contributed by atoms with Gasteiger partial charge >= 0.3 is 133 Å². The van der Waals surface area contributed by atoms with Crippen molar-refractivity contribution in [3.05, 3.63) is 72.3 Å². The molecule has 1 nitrogen and oxygen atoms in total. The summed E-state index contributed by atoms with van der Waals surface area (Å²) in [7, 11) is -0.931. The molecule has 2 atom stereocenters. The predicted octanol–water partition coefficient (Wildman–Crippen LogP) is 3.45. The van der Waals surface area contributed by atoms with Gasteiger partial charge in [-0.05, 0) is 0 Å². The molecule has 0 N–H and O–H groups in total. The van der Waals surface area contributed by atoms with Crippen LogP contribution in [0.5, 0.6) is 0 Å². The van der Waals surface area contributed by atoms with Gasteiger partial charge in [-0.3, -0.25) is 0 Å². The summed E-state index contributed by atoms with van der Waals surface area (Å²) in [5.74, 6) is 0. The second-order valence-electron chi connectivity index (χ2n) is 5.15. The Kier molecular flexibility index (Phi) is 3.42. The maximum absolute atomic E-state index is 12.9. The first kappa shape index (κ1) is 13.3. The Bertz CT molecular complexity index is 843. The van der Waals surface area contributed by atoms with Gasteiger partial charge in [-0.25, -0.2) is 0 Å². The van der Waals surface area contributed by atoms with Crippen LogP contribution in [0.1, 0.15) is 10.8 Å². The van der Waals surface area contributed by atoms with E-state index < -0.39 is 10.8 Å².